The second kappa shape index (κ2) is 11.4. The molecule has 32 heavy (non-hydrogen) atoms. The standard InChI is InChI=1S/C22H26N6O4/c29-19(9-3-4-11-24-22-27-16-7-1-2-8-17(16)28-22)25-14-20(30)26-18(12-21(31)32)15-6-5-10-23-13-15/h1-2,5-8,10,13,18H,3-4,9,11-12,14H2,(H,25,29)(H,26,30)(H,31,32)(H2,24,27,28). The van der Waals surface area contributed by atoms with Crippen LogP contribution in [0.25, 0.3) is 11.0 Å². The van der Waals surface area contributed by atoms with Crippen LogP contribution in [0.1, 0.15) is 37.3 Å². The number of anilines is 1. The fourth-order valence-electron chi connectivity index (χ4n) is 3.18. The fourth-order valence-corrected chi connectivity index (χ4v) is 3.18. The topological polar surface area (TPSA) is 149 Å². The highest BCUT2D eigenvalue weighted by Crippen LogP contribution is 2.15. The third kappa shape index (κ3) is 7.08. The van der Waals surface area contributed by atoms with Crippen molar-refractivity contribution in [1.82, 2.24) is 25.6 Å². The van der Waals surface area contributed by atoms with Crippen molar-refractivity contribution in [3.63, 3.8) is 0 Å². The molecule has 0 aliphatic heterocycles. The van der Waals surface area contributed by atoms with E-state index in [2.05, 4.69) is 30.9 Å². The second-order valence-corrected chi connectivity index (χ2v) is 7.27. The number of aromatic amines is 1. The summed E-state index contributed by atoms with van der Waals surface area (Å²) in [5.74, 6) is -1.05. The van der Waals surface area contributed by atoms with E-state index in [0.29, 0.717) is 24.5 Å². The fraction of sp³-hybridized carbons (Fsp3) is 0.318. The van der Waals surface area contributed by atoms with Gasteiger partial charge in [0.15, 0.2) is 0 Å². The lowest BCUT2D eigenvalue weighted by Crippen LogP contribution is -2.39. The maximum atomic E-state index is 12.2. The highest BCUT2D eigenvalue weighted by molar-refractivity contribution is 5.85. The van der Waals surface area contributed by atoms with Crippen LogP contribution >= 0.6 is 0 Å². The number of fused-ring (bicyclic) bond motifs is 1. The average Bonchev–Trinajstić information content (AvgIpc) is 3.20. The number of amides is 2. The van der Waals surface area contributed by atoms with Crippen LogP contribution in [0, 0.1) is 0 Å². The minimum Gasteiger partial charge on any atom is -0.481 e. The molecule has 0 aliphatic rings. The van der Waals surface area contributed by atoms with Gasteiger partial charge in [0.05, 0.1) is 30.0 Å². The lowest BCUT2D eigenvalue weighted by Gasteiger charge is -2.17. The minimum absolute atomic E-state index is 0.216. The molecule has 0 spiro atoms. The van der Waals surface area contributed by atoms with E-state index >= 15 is 0 Å². The number of carboxylic acid groups (broad SMARTS) is 1. The molecule has 2 heterocycles. The molecule has 0 aliphatic carbocycles. The molecule has 10 nitrogen and oxygen atoms in total. The summed E-state index contributed by atoms with van der Waals surface area (Å²) in [6.07, 6.45) is 4.50. The maximum Gasteiger partial charge on any atom is 0.305 e. The number of rotatable bonds is 12. The van der Waals surface area contributed by atoms with Gasteiger partial charge in [-0.25, -0.2) is 4.98 Å². The molecule has 1 atom stereocenters. The molecule has 0 radical (unpaired) electrons. The van der Waals surface area contributed by atoms with Crippen molar-refractivity contribution >= 4 is 34.8 Å². The zero-order chi connectivity index (χ0) is 22.8. The summed E-state index contributed by atoms with van der Waals surface area (Å²) < 4.78 is 0. The number of carbonyl (C=O) groups is 3. The molecule has 168 valence electrons. The number of aromatic nitrogens is 3. The predicted molar refractivity (Wildman–Crippen MR) is 119 cm³/mol. The van der Waals surface area contributed by atoms with Gasteiger partial charge < -0.3 is 26.0 Å². The Morgan fingerprint density at radius 2 is 1.91 bits per heavy atom. The third-order valence-electron chi connectivity index (χ3n) is 4.76. The zero-order valence-electron chi connectivity index (χ0n) is 17.5. The minimum atomic E-state index is -1.04. The normalized spacial score (nSPS) is 11.6. The monoisotopic (exact) mass is 438 g/mol. The summed E-state index contributed by atoms with van der Waals surface area (Å²) >= 11 is 0. The van der Waals surface area contributed by atoms with Crippen LogP contribution in [0.4, 0.5) is 5.95 Å². The first-order valence-electron chi connectivity index (χ1n) is 10.4. The SMILES string of the molecule is O=C(O)CC(NC(=O)CNC(=O)CCCCNc1nc2ccccc2[nH]1)c1cccnc1. The summed E-state index contributed by atoms with van der Waals surface area (Å²) in [6.45, 7) is 0.446. The van der Waals surface area contributed by atoms with Gasteiger partial charge in [-0.2, -0.15) is 0 Å². The Labute approximate surface area is 184 Å². The van der Waals surface area contributed by atoms with Crippen LogP contribution in [0.15, 0.2) is 48.8 Å². The summed E-state index contributed by atoms with van der Waals surface area (Å²) in [5.41, 5.74) is 2.44. The van der Waals surface area contributed by atoms with Crippen LogP contribution in [-0.2, 0) is 14.4 Å². The predicted octanol–water partition coefficient (Wildman–Crippen LogP) is 1.99. The summed E-state index contributed by atoms with van der Waals surface area (Å²) in [4.78, 5) is 46.8. The Morgan fingerprint density at radius 3 is 2.66 bits per heavy atom. The van der Waals surface area contributed by atoms with Crippen molar-refractivity contribution in [2.75, 3.05) is 18.4 Å². The van der Waals surface area contributed by atoms with Crippen molar-refractivity contribution in [1.29, 1.82) is 0 Å². The van der Waals surface area contributed by atoms with E-state index in [1.807, 2.05) is 24.3 Å². The largest absolute Gasteiger partial charge is 0.481 e. The number of carboxylic acids is 1. The van der Waals surface area contributed by atoms with E-state index in [1.165, 1.54) is 6.20 Å². The zero-order valence-corrected chi connectivity index (χ0v) is 17.5. The molecule has 1 aromatic carbocycles. The second-order valence-electron chi connectivity index (χ2n) is 7.27. The maximum absolute atomic E-state index is 12.2. The Balaban J connectivity index is 1.33. The van der Waals surface area contributed by atoms with Crippen molar-refractivity contribution in [3.8, 4) is 0 Å². The van der Waals surface area contributed by atoms with Gasteiger partial charge in [-0.1, -0.05) is 18.2 Å². The Morgan fingerprint density at radius 1 is 1.06 bits per heavy atom. The number of H-pyrrole nitrogens is 1. The number of para-hydroxylation sites is 2. The van der Waals surface area contributed by atoms with E-state index in [4.69, 9.17) is 5.11 Å². The number of nitrogens with one attached hydrogen (secondary N) is 4. The van der Waals surface area contributed by atoms with Crippen molar-refractivity contribution in [3.05, 3.63) is 54.4 Å². The number of imidazole rings is 1. The molecule has 0 fully saturated rings. The molecule has 0 bridgehead atoms. The smallest absolute Gasteiger partial charge is 0.305 e. The highest BCUT2D eigenvalue weighted by Gasteiger charge is 2.18. The number of hydrogen-bond donors (Lipinski definition) is 5. The molecule has 0 saturated heterocycles. The Bertz CT molecular complexity index is 1020. The first-order chi connectivity index (χ1) is 15.5. The van der Waals surface area contributed by atoms with E-state index < -0.39 is 17.9 Å². The average molecular weight is 438 g/mol. The summed E-state index contributed by atoms with van der Waals surface area (Å²) in [7, 11) is 0. The van der Waals surface area contributed by atoms with Gasteiger partial charge in [-0.3, -0.25) is 19.4 Å². The van der Waals surface area contributed by atoms with Crippen molar-refractivity contribution in [2.45, 2.75) is 31.7 Å². The number of carbonyl (C=O) groups excluding carboxylic acids is 2. The number of unbranched alkanes of at least 4 members (excludes halogenated alkanes) is 1. The molecular formula is C22H26N6O4. The van der Waals surface area contributed by atoms with Crippen molar-refractivity contribution < 1.29 is 19.5 Å². The van der Waals surface area contributed by atoms with Gasteiger partial charge in [0.25, 0.3) is 0 Å². The molecule has 5 N–H and O–H groups in total. The first-order valence-corrected chi connectivity index (χ1v) is 10.4. The molecular weight excluding hydrogens is 412 g/mol. The van der Waals surface area contributed by atoms with Crippen LogP contribution < -0.4 is 16.0 Å². The van der Waals surface area contributed by atoms with Crippen LogP contribution in [-0.4, -0.2) is 50.9 Å². The van der Waals surface area contributed by atoms with E-state index in [9.17, 15) is 14.4 Å². The van der Waals surface area contributed by atoms with E-state index in [-0.39, 0.29) is 25.3 Å². The first kappa shape index (κ1) is 22.7. The molecule has 3 aromatic rings. The lowest BCUT2D eigenvalue weighted by molar-refractivity contribution is -0.138. The molecule has 0 saturated carbocycles. The number of benzene rings is 1. The Hall–Kier alpha value is -3.95. The van der Waals surface area contributed by atoms with Gasteiger partial charge in [0.1, 0.15) is 0 Å². The molecule has 2 aromatic heterocycles. The van der Waals surface area contributed by atoms with Gasteiger partial charge in [-0.05, 0) is 36.6 Å². The van der Waals surface area contributed by atoms with Gasteiger partial charge >= 0.3 is 5.97 Å². The number of aliphatic carboxylic acids is 1. The lowest BCUT2D eigenvalue weighted by atomic mass is 10.1. The van der Waals surface area contributed by atoms with Gasteiger partial charge in [0, 0.05) is 25.4 Å². The molecule has 2 amide bonds. The number of hydrogen-bond acceptors (Lipinski definition) is 6. The highest BCUT2D eigenvalue weighted by atomic mass is 16.4. The summed E-state index contributed by atoms with van der Waals surface area (Å²) in [5, 5.41) is 17.5. The van der Waals surface area contributed by atoms with Gasteiger partial charge in [0.2, 0.25) is 17.8 Å². The van der Waals surface area contributed by atoms with Gasteiger partial charge in [-0.15, -0.1) is 0 Å². The molecule has 1 unspecified atom stereocenters. The molecule has 3 rings (SSSR count). The van der Waals surface area contributed by atoms with Crippen LogP contribution in [0.2, 0.25) is 0 Å². The third-order valence-corrected chi connectivity index (χ3v) is 4.76. The molecule has 10 heteroatoms. The number of pyridine rings is 1. The van der Waals surface area contributed by atoms with E-state index in [1.54, 1.807) is 18.3 Å². The number of nitrogens with zero attached hydrogens (tertiary/aromatic N) is 2. The van der Waals surface area contributed by atoms with E-state index in [0.717, 1.165) is 17.5 Å². The van der Waals surface area contributed by atoms with Crippen LogP contribution in [0.5, 0.6) is 0 Å². The van der Waals surface area contributed by atoms with Crippen LogP contribution in [0.3, 0.4) is 0 Å². The quantitative estimate of drug-likeness (QED) is 0.271. The van der Waals surface area contributed by atoms with Crippen molar-refractivity contribution in [2.24, 2.45) is 0 Å². The Kier molecular flexibility index (Phi) is 8.13. The summed E-state index contributed by atoms with van der Waals surface area (Å²) in [6, 6.07) is 10.4.